The number of carbonyl (C=O) groups excluding carboxylic acids is 2. The Labute approximate surface area is 234 Å². The summed E-state index contributed by atoms with van der Waals surface area (Å²) >= 11 is 0. The van der Waals surface area contributed by atoms with Crippen molar-refractivity contribution in [2.45, 2.75) is 4.90 Å². The Morgan fingerprint density at radius 3 is 2.17 bits per heavy atom. The van der Waals surface area contributed by atoms with E-state index in [9.17, 15) is 32.7 Å². The fourth-order valence-electron chi connectivity index (χ4n) is 4.34. The first-order valence-electron chi connectivity index (χ1n) is 12.2. The minimum atomic E-state index is -4.41. The van der Waals surface area contributed by atoms with E-state index in [1.807, 2.05) is 30.3 Å². The lowest BCUT2D eigenvalue weighted by Gasteiger charge is -2.15. The van der Waals surface area contributed by atoms with Gasteiger partial charge in [-0.25, -0.2) is 0 Å². The maximum absolute atomic E-state index is 13.3. The zero-order valence-corrected chi connectivity index (χ0v) is 22.0. The van der Waals surface area contributed by atoms with Crippen LogP contribution in [0.25, 0.3) is 21.9 Å². The van der Waals surface area contributed by atoms with Gasteiger partial charge in [-0.15, -0.1) is 0 Å². The number of nitro groups is 1. The minimum Gasteiger partial charge on any atom is -0.322 e. The van der Waals surface area contributed by atoms with Crippen LogP contribution in [0.2, 0.25) is 0 Å². The summed E-state index contributed by atoms with van der Waals surface area (Å²) in [5, 5.41) is 17.5. The van der Waals surface area contributed by atoms with Gasteiger partial charge in [0.2, 0.25) is 0 Å². The van der Waals surface area contributed by atoms with Gasteiger partial charge in [0.1, 0.15) is 0 Å². The molecule has 0 atom stereocenters. The molecule has 41 heavy (non-hydrogen) atoms. The summed E-state index contributed by atoms with van der Waals surface area (Å²) in [5.74, 6) is -0.973. The number of carbonyl (C=O) groups is 2. The number of hydrogen-bond donors (Lipinski definition) is 3. The largest absolute Gasteiger partial charge is 0.322 e. The van der Waals surface area contributed by atoms with Crippen LogP contribution in [-0.2, 0) is 10.1 Å². The second kappa shape index (κ2) is 11.0. The summed E-state index contributed by atoms with van der Waals surface area (Å²) in [6.45, 7) is 0. The number of nitrogens with zero attached hydrogens (tertiary/aromatic N) is 1. The zero-order chi connectivity index (χ0) is 29.1. The number of nitrogens with one attached hydrogen (secondary N) is 2. The highest BCUT2D eigenvalue weighted by atomic mass is 32.2. The third-order valence-electron chi connectivity index (χ3n) is 6.35. The summed E-state index contributed by atoms with van der Waals surface area (Å²) in [7, 11) is -4.41. The molecule has 0 heterocycles. The van der Waals surface area contributed by atoms with Gasteiger partial charge in [0.25, 0.3) is 27.6 Å². The molecule has 2 amide bonds. The highest BCUT2D eigenvalue weighted by Crippen LogP contribution is 2.32. The van der Waals surface area contributed by atoms with Gasteiger partial charge in [-0.2, -0.15) is 8.42 Å². The number of hydrogen-bond acceptors (Lipinski definition) is 6. The van der Waals surface area contributed by atoms with E-state index in [0.29, 0.717) is 27.7 Å². The smallest absolute Gasteiger partial charge is 0.294 e. The molecule has 5 aromatic carbocycles. The Bertz CT molecular complexity index is 1920. The van der Waals surface area contributed by atoms with Crippen LogP contribution in [0.3, 0.4) is 0 Å². The average Bonchev–Trinajstić information content (AvgIpc) is 2.96. The molecule has 0 fully saturated rings. The fourth-order valence-corrected chi connectivity index (χ4v) is 4.86. The van der Waals surface area contributed by atoms with E-state index >= 15 is 0 Å². The van der Waals surface area contributed by atoms with Crippen LogP contribution in [0, 0.1) is 10.1 Å². The lowest BCUT2D eigenvalue weighted by molar-refractivity contribution is -0.384. The molecule has 10 nitrogen and oxygen atoms in total. The molecule has 204 valence electrons. The molecule has 5 aromatic rings. The van der Waals surface area contributed by atoms with Crippen LogP contribution in [0.15, 0.2) is 114 Å². The van der Waals surface area contributed by atoms with E-state index in [-0.39, 0.29) is 21.7 Å². The lowest BCUT2D eigenvalue weighted by Crippen LogP contribution is -2.15. The van der Waals surface area contributed by atoms with Gasteiger partial charge in [0.05, 0.1) is 15.5 Å². The van der Waals surface area contributed by atoms with Gasteiger partial charge in [-0.1, -0.05) is 54.6 Å². The normalized spacial score (nSPS) is 11.1. The Balaban J connectivity index is 1.47. The Kier molecular flexibility index (Phi) is 7.30. The number of amides is 2. The second-order valence-corrected chi connectivity index (χ2v) is 10.4. The summed E-state index contributed by atoms with van der Waals surface area (Å²) in [6, 6.07) is 28.3. The minimum absolute atomic E-state index is 0.140. The van der Waals surface area contributed by atoms with E-state index in [1.54, 1.807) is 36.4 Å². The molecule has 3 N–H and O–H groups in total. The van der Waals surface area contributed by atoms with Crippen LogP contribution in [-0.4, -0.2) is 29.7 Å². The predicted molar refractivity (Wildman–Crippen MR) is 155 cm³/mol. The van der Waals surface area contributed by atoms with Gasteiger partial charge in [-0.05, 0) is 58.8 Å². The zero-order valence-electron chi connectivity index (χ0n) is 21.1. The van der Waals surface area contributed by atoms with Crippen molar-refractivity contribution in [3.63, 3.8) is 0 Å². The lowest BCUT2D eigenvalue weighted by atomic mass is 10.0. The number of anilines is 2. The van der Waals surface area contributed by atoms with Crippen molar-refractivity contribution in [2.75, 3.05) is 10.6 Å². The summed E-state index contributed by atoms with van der Waals surface area (Å²) in [4.78, 5) is 36.5. The van der Waals surface area contributed by atoms with Gasteiger partial charge in [0, 0.05) is 34.5 Å². The second-order valence-electron chi connectivity index (χ2n) is 9.00. The van der Waals surface area contributed by atoms with Gasteiger partial charge >= 0.3 is 0 Å². The van der Waals surface area contributed by atoms with Crippen molar-refractivity contribution < 1.29 is 27.5 Å². The van der Waals surface area contributed by atoms with E-state index in [1.165, 1.54) is 42.5 Å². The first-order valence-corrected chi connectivity index (χ1v) is 13.6. The quantitative estimate of drug-likeness (QED) is 0.121. The Hall–Kier alpha value is -5.39. The van der Waals surface area contributed by atoms with Crippen molar-refractivity contribution in [1.82, 2.24) is 0 Å². The SMILES string of the molecule is O=C(Nc1cc(NC(=O)c2cccc3cc(S(=O)(=O)O)ccc23)ccc1-c1ccccc1)c1ccc([N+](=O)[O-])cc1. The molecule has 0 saturated carbocycles. The van der Waals surface area contributed by atoms with Gasteiger partial charge < -0.3 is 10.6 Å². The van der Waals surface area contributed by atoms with E-state index < -0.39 is 26.9 Å². The highest BCUT2D eigenvalue weighted by Gasteiger charge is 2.17. The Morgan fingerprint density at radius 1 is 0.756 bits per heavy atom. The average molecular weight is 568 g/mol. The highest BCUT2D eigenvalue weighted by molar-refractivity contribution is 7.85. The van der Waals surface area contributed by atoms with Gasteiger partial charge in [-0.3, -0.25) is 24.3 Å². The molecule has 0 aromatic heterocycles. The molecular formula is C30H21N3O7S. The van der Waals surface area contributed by atoms with Crippen molar-refractivity contribution in [1.29, 1.82) is 0 Å². The van der Waals surface area contributed by atoms with Crippen LogP contribution in [0.5, 0.6) is 0 Å². The van der Waals surface area contributed by atoms with E-state index in [4.69, 9.17) is 0 Å². The fraction of sp³-hybridized carbons (Fsp3) is 0. The molecule has 0 bridgehead atoms. The number of benzene rings is 5. The van der Waals surface area contributed by atoms with Crippen molar-refractivity contribution >= 4 is 49.8 Å². The van der Waals surface area contributed by atoms with E-state index in [0.717, 1.165) is 5.56 Å². The molecule has 0 aliphatic carbocycles. The van der Waals surface area contributed by atoms with E-state index in [2.05, 4.69) is 10.6 Å². The molecule has 0 spiro atoms. The molecule has 5 rings (SSSR count). The summed E-state index contributed by atoms with van der Waals surface area (Å²) in [5.41, 5.74) is 2.61. The number of non-ortho nitro benzene ring substituents is 1. The maximum atomic E-state index is 13.3. The van der Waals surface area contributed by atoms with Crippen LogP contribution < -0.4 is 10.6 Å². The molecule has 0 radical (unpaired) electrons. The number of rotatable bonds is 7. The molecule has 0 aliphatic rings. The van der Waals surface area contributed by atoms with Crippen LogP contribution in [0.1, 0.15) is 20.7 Å². The predicted octanol–water partition coefficient (Wildman–Crippen LogP) is 6.17. The summed E-state index contributed by atoms with van der Waals surface area (Å²) in [6.07, 6.45) is 0. The van der Waals surface area contributed by atoms with Crippen LogP contribution >= 0.6 is 0 Å². The molecule has 0 aliphatic heterocycles. The molecular weight excluding hydrogens is 546 g/mol. The monoisotopic (exact) mass is 567 g/mol. The van der Waals surface area contributed by atoms with Crippen LogP contribution in [0.4, 0.5) is 17.1 Å². The number of nitro benzene ring substituents is 1. The molecule has 0 saturated heterocycles. The van der Waals surface area contributed by atoms with Gasteiger partial charge in [0.15, 0.2) is 0 Å². The van der Waals surface area contributed by atoms with Crippen molar-refractivity contribution in [3.05, 3.63) is 130 Å². The molecule has 11 heteroatoms. The number of fused-ring (bicyclic) bond motifs is 1. The first-order chi connectivity index (χ1) is 19.6. The molecule has 0 unspecified atom stereocenters. The standard InChI is InChI=1S/C30H21N3O7S/c34-29(20-9-12-23(13-10-20)33(36)37)32-28-18-22(11-15-26(28)19-5-2-1-3-6-19)31-30(35)27-8-4-7-21-17-24(41(38,39)40)14-16-25(21)27/h1-18H,(H,31,35)(H,32,34)(H,38,39,40). The third kappa shape index (κ3) is 5.96. The topological polar surface area (TPSA) is 156 Å². The maximum Gasteiger partial charge on any atom is 0.294 e. The Morgan fingerprint density at radius 2 is 1.49 bits per heavy atom. The van der Waals surface area contributed by atoms with Crippen molar-refractivity contribution in [3.8, 4) is 11.1 Å². The third-order valence-corrected chi connectivity index (χ3v) is 7.19. The van der Waals surface area contributed by atoms with Crippen molar-refractivity contribution in [2.24, 2.45) is 0 Å². The summed E-state index contributed by atoms with van der Waals surface area (Å²) < 4.78 is 32.4. The first kappa shape index (κ1) is 27.2.